The van der Waals surface area contributed by atoms with Gasteiger partial charge >= 0.3 is 6.03 Å². The van der Waals surface area contributed by atoms with Crippen molar-refractivity contribution in [3.63, 3.8) is 0 Å². The summed E-state index contributed by atoms with van der Waals surface area (Å²) in [5.41, 5.74) is 0.157. The summed E-state index contributed by atoms with van der Waals surface area (Å²) in [6, 6.07) is 5.22. The van der Waals surface area contributed by atoms with Crippen molar-refractivity contribution in [2.45, 2.75) is 44.7 Å². The fourth-order valence-electron chi connectivity index (χ4n) is 3.86. The molecule has 0 unspecified atom stereocenters. The van der Waals surface area contributed by atoms with Crippen molar-refractivity contribution in [2.24, 2.45) is 5.92 Å². The van der Waals surface area contributed by atoms with Crippen LogP contribution in [0.4, 0.5) is 4.79 Å². The molecule has 4 rings (SSSR count). The quantitative estimate of drug-likeness (QED) is 0.851. The highest BCUT2D eigenvalue weighted by molar-refractivity contribution is 6.07. The lowest BCUT2D eigenvalue weighted by Gasteiger charge is -2.36. The average molecular weight is 316 g/mol. The predicted octanol–water partition coefficient (Wildman–Crippen LogP) is 2.42. The maximum atomic E-state index is 12.9. The molecule has 6 nitrogen and oxygen atoms in total. The van der Waals surface area contributed by atoms with Crippen molar-refractivity contribution < 1.29 is 19.1 Å². The molecule has 1 spiro atoms. The zero-order valence-corrected chi connectivity index (χ0v) is 13.1. The van der Waals surface area contributed by atoms with E-state index in [1.807, 2.05) is 18.2 Å². The molecule has 2 atom stereocenters. The van der Waals surface area contributed by atoms with Gasteiger partial charge in [0.1, 0.15) is 5.54 Å². The summed E-state index contributed by atoms with van der Waals surface area (Å²) in [5.74, 6) is 1.44. The Morgan fingerprint density at radius 1 is 1.26 bits per heavy atom. The first-order chi connectivity index (χ1) is 11.1. The molecule has 0 bridgehead atoms. The molecule has 6 heteroatoms. The molecule has 0 radical (unpaired) electrons. The number of hydrogen-bond acceptors (Lipinski definition) is 4. The van der Waals surface area contributed by atoms with Gasteiger partial charge in [0, 0.05) is 0 Å². The third kappa shape index (κ3) is 2.16. The lowest BCUT2D eigenvalue weighted by atomic mass is 9.73. The van der Waals surface area contributed by atoms with Gasteiger partial charge in [-0.1, -0.05) is 25.8 Å². The second-order valence-corrected chi connectivity index (χ2v) is 6.63. The highest BCUT2D eigenvalue weighted by atomic mass is 16.7. The van der Waals surface area contributed by atoms with Crippen molar-refractivity contribution in [2.75, 3.05) is 6.79 Å². The summed E-state index contributed by atoms with van der Waals surface area (Å²) < 4.78 is 10.6. The Kier molecular flexibility index (Phi) is 3.21. The van der Waals surface area contributed by atoms with Crippen LogP contribution in [-0.2, 0) is 11.3 Å². The third-order valence-corrected chi connectivity index (χ3v) is 5.28. The number of amides is 3. The number of benzene rings is 1. The summed E-state index contributed by atoms with van der Waals surface area (Å²) in [4.78, 5) is 26.6. The standard InChI is InChI=1S/C17H20N2O4/c1-11-4-2-3-7-17(11)15(20)19(16(21)18-17)9-12-5-6-13-14(8-12)23-10-22-13/h5-6,8,11H,2-4,7,9-10H2,1H3,(H,18,21)/t11-,17-/m0/s1. The number of carbonyl (C=O) groups excluding carboxylic acids is 2. The van der Waals surface area contributed by atoms with Gasteiger partial charge in [-0.25, -0.2) is 4.79 Å². The van der Waals surface area contributed by atoms with Crippen LogP contribution in [0.5, 0.6) is 11.5 Å². The fourth-order valence-corrected chi connectivity index (χ4v) is 3.86. The number of ether oxygens (including phenoxy) is 2. The SMILES string of the molecule is C[C@H]1CCCC[C@]12NC(=O)N(Cc1ccc3c(c1)OCO3)C2=O. The first-order valence-electron chi connectivity index (χ1n) is 8.13. The van der Waals surface area contributed by atoms with Gasteiger partial charge in [-0.2, -0.15) is 0 Å². The van der Waals surface area contributed by atoms with Crippen molar-refractivity contribution in [3.8, 4) is 11.5 Å². The summed E-state index contributed by atoms with van der Waals surface area (Å²) >= 11 is 0. The van der Waals surface area contributed by atoms with Crippen LogP contribution >= 0.6 is 0 Å². The first kappa shape index (κ1) is 14.4. The number of nitrogens with one attached hydrogen (secondary N) is 1. The van der Waals surface area contributed by atoms with E-state index in [1.54, 1.807) is 0 Å². The molecule has 1 aromatic carbocycles. The maximum Gasteiger partial charge on any atom is 0.325 e. The van der Waals surface area contributed by atoms with E-state index in [-0.39, 0.29) is 31.2 Å². The minimum absolute atomic E-state index is 0.0904. The number of carbonyl (C=O) groups is 2. The molecule has 3 amide bonds. The van der Waals surface area contributed by atoms with Gasteiger partial charge < -0.3 is 14.8 Å². The fraction of sp³-hybridized carbons (Fsp3) is 0.529. The number of fused-ring (bicyclic) bond motifs is 1. The van der Waals surface area contributed by atoms with Crippen LogP contribution in [-0.4, -0.2) is 29.2 Å². The Balaban J connectivity index is 1.57. The first-order valence-corrected chi connectivity index (χ1v) is 8.13. The van der Waals surface area contributed by atoms with Gasteiger partial charge in [0.25, 0.3) is 5.91 Å². The van der Waals surface area contributed by atoms with Crippen molar-refractivity contribution in [1.82, 2.24) is 10.2 Å². The Hall–Kier alpha value is -2.24. The van der Waals surface area contributed by atoms with Crippen LogP contribution in [0.2, 0.25) is 0 Å². The molecule has 2 heterocycles. The molecule has 0 aromatic heterocycles. The molecular formula is C17H20N2O4. The smallest absolute Gasteiger partial charge is 0.325 e. The van der Waals surface area contributed by atoms with Gasteiger partial charge in [0.2, 0.25) is 6.79 Å². The number of nitrogens with zero attached hydrogens (tertiary/aromatic N) is 1. The predicted molar refractivity (Wildman–Crippen MR) is 82.0 cm³/mol. The van der Waals surface area contributed by atoms with Crippen LogP contribution < -0.4 is 14.8 Å². The normalized spacial score (nSPS) is 29.3. The van der Waals surface area contributed by atoms with E-state index in [9.17, 15) is 9.59 Å². The van der Waals surface area contributed by atoms with E-state index in [4.69, 9.17) is 9.47 Å². The lowest BCUT2D eigenvalue weighted by molar-refractivity contribution is -0.134. The minimum atomic E-state index is -0.703. The topological polar surface area (TPSA) is 67.9 Å². The second kappa shape index (κ2) is 5.15. The summed E-state index contributed by atoms with van der Waals surface area (Å²) in [5, 5.41) is 2.97. The van der Waals surface area contributed by atoms with E-state index < -0.39 is 5.54 Å². The van der Waals surface area contributed by atoms with Gasteiger partial charge in [0.05, 0.1) is 6.54 Å². The van der Waals surface area contributed by atoms with Gasteiger partial charge in [0.15, 0.2) is 11.5 Å². The molecule has 2 fully saturated rings. The van der Waals surface area contributed by atoms with Crippen molar-refractivity contribution >= 4 is 11.9 Å². The monoisotopic (exact) mass is 316 g/mol. The second-order valence-electron chi connectivity index (χ2n) is 6.63. The number of urea groups is 1. The Morgan fingerprint density at radius 3 is 2.91 bits per heavy atom. The lowest BCUT2D eigenvalue weighted by Crippen LogP contribution is -2.53. The molecule has 1 aromatic rings. The largest absolute Gasteiger partial charge is 0.454 e. The van der Waals surface area contributed by atoms with Crippen LogP contribution in [0.25, 0.3) is 0 Å². The van der Waals surface area contributed by atoms with Crippen LogP contribution in [0.15, 0.2) is 18.2 Å². The van der Waals surface area contributed by atoms with Gasteiger partial charge in [-0.3, -0.25) is 9.69 Å². The molecular weight excluding hydrogens is 296 g/mol. The van der Waals surface area contributed by atoms with Crippen LogP contribution in [0.3, 0.4) is 0 Å². The Morgan fingerprint density at radius 2 is 2.09 bits per heavy atom. The minimum Gasteiger partial charge on any atom is -0.454 e. The number of imide groups is 1. The molecule has 1 saturated carbocycles. The molecule has 122 valence electrons. The maximum absolute atomic E-state index is 12.9. The van der Waals surface area contributed by atoms with Crippen LogP contribution in [0, 0.1) is 5.92 Å². The van der Waals surface area contributed by atoms with E-state index in [0.29, 0.717) is 11.5 Å². The average Bonchev–Trinajstić information content (AvgIpc) is 3.09. The van der Waals surface area contributed by atoms with Crippen molar-refractivity contribution in [3.05, 3.63) is 23.8 Å². The Bertz CT molecular complexity index is 675. The molecule has 1 aliphatic carbocycles. The van der Waals surface area contributed by atoms with E-state index in [2.05, 4.69) is 12.2 Å². The summed E-state index contributed by atoms with van der Waals surface area (Å²) in [6.07, 6.45) is 3.81. The Labute approximate surface area is 134 Å². The number of rotatable bonds is 2. The highest BCUT2D eigenvalue weighted by Crippen LogP contribution is 2.39. The van der Waals surface area contributed by atoms with Gasteiger partial charge in [-0.05, 0) is 36.5 Å². The number of hydrogen-bond donors (Lipinski definition) is 1. The van der Waals surface area contributed by atoms with Gasteiger partial charge in [-0.15, -0.1) is 0 Å². The van der Waals surface area contributed by atoms with E-state index in [1.165, 1.54) is 4.90 Å². The summed E-state index contributed by atoms with van der Waals surface area (Å²) in [7, 11) is 0. The highest BCUT2D eigenvalue weighted by Gasteiger charge is 2.54. The third-order valence-electron chi connectivity index (χ3n) is 5.28. The van der Waals surface area contributed by atoms with Crippen molar-refractivity contribution in [1.29, 1.82) is 0 Å². The zero-order chi connectivity index (χ0) is 16.0. The molecule has 1 N–H and O–H groups in total. The summed E-state index contributed by atoms with van der Waals surface area (Å²) in [6.45, 7) is 2.53. The van der Waals surface area contributed by atoms with E-state index in [0.717, 1.165) is 31.2 Å². The van der Waals surface area contributed by atoms with E-state index >= 15 is 0 Å². The zero-order valence-electron chi connectivity index (χ0n) is 13.1. The molecule has 23 heavy (non-hydrogen) atoms. The molecule has 2 aliphatic heterocycles. The van der Waals surface area contributed by atoms with Crippen LogP contribution in [0.1, 0.15) is 38.2 Å². The molecule has 1 saturated heterocycles. The molecule has 3 aliphatic rings.